The van der Waals surface area contributed by atoms with Gasteiger partial charge in [-0.05, 0) is 77.8 Å². The lowest BCUT2D eigenvalue weighted by Crippen LogP contribution is -2.29. The zero-order chi connectivity index (χ0) is 41.4. The van der Waals surface area contributed by atoms with Crippen LogP contribution in [0.15, 0.2) is 0 Å². The van der Waals surface area contributed by atoms with E-state index >= 15 is 0 Å². The normalized spacial score (nSPS) is 12.1. The van der Waals surface area contributed by atoms with Crippen molar-refractivity contribution in [3.8, 4) is 0 Å². The Bertz CT molecular complexity index is 675. The minimum Gasteiger partial charge on any atom is -0.465 e. The maximum Gasteiger partial charge on any atom is 0.293 e. The smallest absolute Gasteiger partial charge is 0.293 e. The van der Waals surface area contributed by atoms with Gasteiger partial charge in [-0.3, -0.25) is 9.59 Å². The van der Waals surface area contributed by atoms with Crippen molar-refractivity contribution in [3.05, 3.63) is 0 Å². The van der Waals surface area contributed by atoms with Gasteiger partial charge >= 0.3 is 0 Å². The molecule has 0 radical (unpaired) electrons. The Labute approximate surface area is 345 Å². The number of hydrogen-bond acceptors (Lipinski definition) is 6. The van der Waals surface area contributed by atoms with Gasteiger partial charge in [-0.25, -0.2) is 0 Å². The molecule has 0 aromatic rings. The minimum atomic E-state index is -0.230. The van der Waals surface area contributed by atoms with E-state index in [1.165, 1.54) is 206 Å². The Balaban J connectivity index is -0.000000747. The first-order valence-corrected chi connectivity index (χ1v) is 24.4. The summed E-state index contributed by atoms with van der Waals surface area (Å²) in [6, 6.07) is 0. The third-order valence-corrected chi connectivity index (χ3v) is 11.2. The van der Waals surface area contributed by atoms with E-state index in [2.05, 4.69) is 46.4 Å². The summed E-state index contributed by atoms with van der Waals surface area (Å²) in [5.41, 5.74) is -0.230. The molecule has 0 amide bonds. The number of carbonyl (C=O) groups excluding carboxylic acids is 2. The summed E-state index contributed by atoms with van der Waals surface area (Å²) in [5, 5.41) is 9.14. The molecule has 0 aromatic carbocycles. The van der Waals surface area contributed by atoms with Gasteiger partial charge in [0.1, 0.15) is 11.7 Å². The molecule has 55 heavy (non-hydrogen) atoms. The Morgan fingerprint density at radius 3 is 1.15 bits per heavy atom. The Kier molecular flexibility index (Phi) is 53.8. The average Bonchev–Trinajstić information content (AvgIpc) is 3.19. The van der Waals surface area contributed by atoms with Crippen molar-refractivity contribution >= 4 is 12.9 Å². The predicted molar refractivity (Wildman–Crippen MR) is 241 cm³/mol. The third kappa shape index (κ3) is 48.9. The molecule has 332 valence electrons. The number of unbranched alkanes of at least 4 members (excludes halogenated alkanes) is 25. The van der Waals surface area contributed by atoms with E-state index in [0.717, 1.165) is 32.2 Å². The highest BCUT2D eigenvalue weighted by atomic mass is 16.5. The first kappa shape index (κ1) is 58.2. The number of nitrogens with zero attached hydrogens (tertiary/aromatic N) is 1. The van der Waals surface area contributed by atoms with Crippen LogP contribution in [0.3, 0.4) is 0 Å². The van der Waals surface area contributed by atoms with Crippen LogP contribution in [0.1, 0.15) is 267 Å². The van der Waals surface area contributed by atoms with Crippen LogP contribution in [0.4, 0.5) is 0 Å². The van der Waals surface area contributed by atoms with E-state index in [4.69, 9.17) is 14.6 Å². The molecule has 1 atom stereocenters. The first-order valence-electron chi connectivity index (χ1n) is 24.4. The van der Waals surface area contributed by atoms with Crippen LogP contribution < -0.4 is 0 Å². The van der Waals surface area contributed by atoms with Crippen LogP contribution in [0.5, 0.6) is 0 Å². The minimum absolute atomic E-state index is 0.171. The largest absolute Gasteiger partial charge is 0.465 e. The molecule has 0 aliphatic heterocycles. The van der Waals surface area contributed by atoms with E-state index in [9.17, 15) is 9.59 Å². The summed E-state index contributed by atoms with van der Waals surface area (Å²) in [6.07, 6.45) is 43.9. The Hall–Kier alpha value is -1.14. The van der Waals surface area contributed by atoms with Crippen molar-refractivity contribution in [2.24, 2.45) is 0 Å². The number of ether oxygens (including phenoxy) is 2. The van der Waals surface area contributed by atoms with Crippen molar-refractivity contribution < 1.29 is 24.2 Å². The standard InChI is InChI=1S/C18H39NO.C18H36O2.C13H26O2/c1-3-5-7-9-11-13-15-19(17-18-20)16-14-12-10-8-6-4-2;1-3-5-7-9-11-13-15-18(20-17-19)16-14-12-10-8-6-4-2;1-4-6-7-8-9-10-11-13(3,5-2)15-12-14/h20H,3-18H2,1-2H3;17-18H,3-16H2,1-2H3;12H,4-11H2,1-3H3. The van der Waals surface area contributed by atoms with Gasteiger partial charge in [0.2, 0.25) is 0 Å². The topological polar surface area (TPSA) is 76.1 Å². The summed E-state index contributed by atoms with van der Waals surface area (Å²) in [7, 11) is 0. The molecule has 0 aromatic heterocycles. The van der Waals surface area contributed by atoms with Gasteiger partial charge in [0.05, 0.1) is 6.61 Å². The van der Waals surface area contributed by atoms with E-state index in [1.54, 1.807) is 0 Å². The van der Waals surface area contributed by atoms with Gasteiger partial charge in [0.25, 0.3) is 12.9 Å². The van der Waals surface area contributed by atoms with E-state index < -0.39 is 0 Å². The lowest BCUT2D eigenvalue weighted by atomic mass is 9.95. The van der Waals surface area contributed by atoms with Gasteiger partial charge in [-0.2, -0.15) is 0 Å². The van der Waals surface area contributed by atoms with Crippen molar-refractivity contribution in [2.75, 3.05) is 26.2 Å². The van der Waals surface area contributed by atoms with Gasteiger partial charge < -0.3 is 19.5 Å². The molecular weight excluding hydrogens is 683 g/mol. The summed E-state index contributed by atoms with van der Waals surface area (Å²) in [5.74, 6) is 0. The average molecular weight is 784 g/mol. The van der Waals surface area contributed by atoms with Crippen LogP contribution >= 0.6 is 0 Å². The molecule has 0 aliphatic carbocycles. The lowest BCUT2D eigenvalue weighted by molar-refractivity contribution is -0.143. The molecule has 0 spiro atoms. The molecule has 0 saturated carbocycles. The van der Waals surface area contributed by atoms with Crippen LogP contribution in [0, 0.1) is 0 Å². The fraction of sp³-hybridized carbons (Fsp3) is 0.959. The second-order valence-electron chi connectivity index (χ2n) is 16.6. The zero-order valence-corrected chi connectivity index (χ0v) is 38.6. The van der Waals surface area contributed by atoms with Crippen molar-refractivity contribution in [2.45, 2.75) is 278 Å². The second-order valence-corrected chi connectivity index (χ2v) is 16.6. The highest BCUT2D eigenvalue weighted by Crippen LogP contribution is 2.23. The number of aliphatic hydroxyl groups is 1. The molecular formula is C49H101NO5. The zero-order valence-electron chi connectivity index (χ0n) is 38.6. The molecule has 0 bridgehead atoms. The molecule has 0 saturated heterocycles. The highest BCUT2D eigenvalue weighted by Gasteiger charge is 2.22. The maximum atomic E-state index is 10.5. The Morgan fingerprint density at radius 2 is 0.818 bits per heavy atom. The SMILES string of the molecule is CCCCCCCCC(C)(CC)OC=O.CCCCCCCCC(CCCCCCCC)OC=O.CCCCCCCCN(CCO)CCCCCCCC. The second kappa shape index (κ2) is 50.9. The molecule has 1 N–H and O–H groups in total. The predicted octanol–water partition coefficient (Wildman–Crippen LogP) is 15.1. The summed E-state index contributed by atoms with van der Waals surface area (Å²) >= 11 is 0. The molecule has 6 heteroatoms. The van der Waals surface area contributed by atoms with Gasteiger partial charge in [0, 0.05) is 6.54 Å². The monoisotopic (exact) mass is 784 g/mol. The number of hydrogen-bond donors (Lipinski definition) is 1. The van der Waals surface area contributed by atoms with Crippen LogP contribution in [0.2, 0.25) is 0 Å². The molecule has 0 heterocycles. The number of carbonyl (C=O) groups is 2. The van der Waals surface area contributed by atoms with Crippen molar-refractivity contribution in [1.82, 2.24) is 4.90 Å². The van der Waals surface area contributed by atoms with Gasteiger partial charge in [-0.1, -0.05) is 202 Å². The Morgan fingerprint density at radius 1 is 0.473 bits per heavy atom. The molecule has 0 rings (SSSR count). The first-order chi connectivity index (χ1) is 26.9. The fourth-order valence-corrected chi connectivity index (χ4v) is 7.09. The fourth-order valence-electron chi connectivity index (χ4n) is 7.09. The molecule has 0 fully saturated rings. The van der Waals surface area contributed by atoms with Crippen LogP contribution in [0.25, 0.3) is 0 Å². The summed E-state index contributed by atoms with van der Waals surface area (Å²) in [6.45, 7) is 20.1. The van der Waals surface area contributed by atoms with Crippen molar-refractivity contribution in [1.29, 1.82) is 0 Å². The van der Waals surface area contributed by atoms with Gasteiger partial charge in [-0.15, -0.1) is 0 Å². The van der Waals surface area contributed by atoms with Crippen LogP contribution in [-0.2, 0) is 19.1 Å². The summed E-state index contributed by atoms with van der Waals surface area (Å²) in [4.78, 5) is 23.3. The van der Waals surface area contributed by atoms with E-state index in [0.29, 0.717) is 19.6 Å². The lowest BCUT2D eigenvalue weighted by Gasteiger charge is -2.26. The van der Waals surface area contributed by atoms with E-state index in [1.807, 2.05) is 6.92 Å². The quantitative estimate of drug-likeness (QED) is 0.0491. The molecule has 0 aliphatic rings. The van der Waals surface area contributed by atoms with Crippen LogP contribution in [-0.4, -0.2) is 60.9 Å². The van der Waals surface area contributed by atoms with Gasteiger partial charge in [0.15, 0.2) is 0 Å². The number of rotatable bonds is 42. The number of aliphatic hydroxyl groups excluding tert-OH is 1. The highest BCUT2D eigenvalue weighted by molar-refractivity contribution is 5.38. The maximum absolute atomic E-state index is 10.5. The molecule has 1 unspecified atom stereocenters. The molecule has 6 nitrogen and oxygen atoms in total. The van der Waals surface area contributed by atoms with E-state index in [-0.39, 0.29) is 11.7 Å². The summed E-state index contributed by atoms with van der Waals surface area (Å²) < 4.78 is 10.3. The van der Waals surface area contributed by atoms with Crippen molar-refractivity contribution in [3.63, 3.8) is 0 Å². The third-order valence-electron chi connectivity index (χ3n) is 11.2.